The van der Waals surface area contributed by atoms with Crippen LogP contribution in [0.25, 0.3) is 0 Å². The molecule has 1 aliphatic heterocycles. The van der Waals surface area contributed by atoms with E-state index in [9.17, 15) is 14.0 Å². The van der Waals surface area contributed by atoms with Crippen LogP contribution in [0.1, 0.15) is 57.6 Å². The fourth-order valence-corrected chi connectivity index (χ4v) is 4.07. The number of esters is 1. The van der Waals surface area contributed by atoms with Gasteiger partial charge >= 0.3 is 5.97 Å². The van der Waals surface area contributed by atoms with Crippen LogP contribution in [0.15, 0.2) is 48.7 Å². The van der Waals surface area contributed by atoms with Crippen LogP contribution in [0.5, 0.6) is 0 Å². The Morgan fingerprint density at radius 1 is 1.23 bits per heavy atom. The smallest absolute Gasteiger partial charge is 0.338 e. The second-order valence-corrected chi connectivity index (χ2v) is 7.53. The first-order chi connectivity index (χ1) is 14.3. The van der Waals surface area contributed by atoms with E-state index in [1.807, 2.05) is 13.8 Å². The third-order valence-corrected chi connectivity index (χ3v) is 5.48. The van der Waals surface area contributed by atoms with Gasteiger partial charge in [-0.15, -0.1) is 0 Å². The number of ether oxygens (including phenoxy) is 1. The van der Waals surface area contributed by atoms with Crippen LogP contribution < -0.4 is 5.32 Å². The molecule has 0 aliphatic carbocycles. The van der Waals surface area contributed by atoms with Crippen LogP contribution in [0.2, 0.25) is 0 Å². The van der Waals surface area contributed by atoms with Crippen LogP contribution in [0.3, 0.4) is 0 Å². The van der Waals surface area contributed by atoms with E-state index >= 15 is 0 Å². The number of nitrogens with one attached hydrogen (secondary N) is 2. The van der Waals surface area contributed by atoms with E-state index in [1.54, 1.807) is 43.5 Å². The number of carbonyl (C=O) groups excluding carboxylic acids is 2. The Bertz CT molecular complexity index is 1120. The Kier molecular flexibility index (Phi) is 4.89. The molecule has 0 saturated heterocycles. The lowest BCUT2D eigenvalue weighted by molar-refractivity contribution is 0.0522. The number of hydrogen-bond acceptors (Lipinski definition) is 5. The number of benzene rings is 2. The number of fused-ring (bicyclic) bond motifs is 1. The number of Topliss-reactive ketones (excluding diaryl/α,β-unsaturated/α-hetero) is 1. The van der Waals surface area contributed by atoms with Gasteiger partial charge in [-0.25, -0.2) is 14.2 Å². The molecule has 1 aliphatic rings. The number of halogens is 1. The summed E-state index contributed by atoms with van der Waals surface area (Å²) in [5.41, 5.74) is 1.62. The molecule has 2 aromatic carbocycles. The molecule has 0 bridgehead atoms. The van der Waals surface area contributed by atoms with Crippen LogP contribution in [0, 0.1) is 12.7 Å². The summed E-state index contributed by atoms with van der Waals surface area (Å²) >= 11 is 0. The normalized spacial score (nSPS) is 20.4. The number of carbonyl (C=O) groups is 2. The molecule has 4 rings (SSSR count). The summed E-state index contributed by atoms with van der Waals surface area (Å²) in [6.45, 7) is 5.65. The maximum atomic E-state index is 13.8. The molecule has 2 atom stereocenters. The predicted molar refractivity (Wildman–Crippen MR) is 110 cm³/mol. The number of aryl methyl sites for hydroxylation is 1. The summed E-state index contributed by atoms with van der Waals surface area (Å²) in [4.78, 5) is 33.9. The second kappa shape index (κ2) is 7.40. The Labute approximate surface area is 173 Å². The Morgan fingerprint density at radius 3 is 2.60 bits per heavy atom. The maximum absolute atomic E-state index is 13.8. The number of H-pyrrole nitrogens is 1. The highest BCUT2D eigenvalue weighted by atomic mass is 19.1. The lowest BCUT2D eigenvalue weighted by Gasteiger charge is -2.42. The van der Waals surface area contributed by atoms with E-state index in [1.165, 1.54) is 12.1 Å². The molecule has 0 amide bonds. The average Bonchev–Trinajstić information content (AvgIpc) is 3.13. The van der Waals surface area contributed by atoms with Gasteiger partial charge < -0.3 is 15.0 Å². The van der Waals surface area contributed by atoms with Crippen LogP contribution in [0.4, 0.5) is 10.1 Å². The summed E-state index contributed by atoms with van der Waals surface area (Å²) in [6.07, 6.45) is 1.65. The van der Waals surface area contributed by atoms with Gasteiger partial charge in [0.1, 0.15) is 17.6 Å². The van der Waals surface area contributed by atoms with Crippen molar-refractivity contribution in [1.82, 2.24) is 9.97 Å². The van der Waals surface area contributed by atoms with Crippen molar-refractivity contribution in [2.24, 2.45) is 0 Å². The topological polar surface area (TPSA) is 84.1 Å². The van der Waals surface area contributed by atoms with E-state index in [4.69, 9.17) is 4.74 Å². The molecule has 7 heteroatoms. The van der Waals surface area contributed by atoms with Crippen molar-refractivity contribution in [2.45, 2.75) is 32.2 Å². The van der Waals surface area contributed by atoms with Gasteiger partial charge in [0.05, 0.1) is 23.3 Å². The lowest BCUT2D eigenvalue weighted by atomic mass is 9.71. The minimum absolute atomic E-state index is 0.207. The minimum atomic E-state index is -0.921. The highest BCUT2D eigenvalue weighted by Crippen LogP contribution is 2.46. The van der Waals surface area contributed by atoms with Gasteiger partial charge in [-0.1, -0.05) is 18.2 Å². The SMILES string of the molecule is CCOC(=O)c1cccc2c1C(=O)C(c1ncc(C)[nH]1)C(C)(c1ccc(F)cc1)N2. The standard InChI is InChI=1S/C23H22FN3O3/c1-4-30-22(29)16-6-5-7-17-18(16)20(28)19(21-25-12-13(2)26-21)23(3,27-17)14-8-10-15(24)11-9-14/h5-12,19,27H,4H2,1-3H3,(H,25,26). The van der Waals surface area contributed by atoms with Crippen molar-refractivity contribution >= 4 is 17.4 Å². The van der Waals surface area contributed by atoms with Gasteiger partial charge in [-0.3, -0.25) is 4.79 Å². The van der Waals surface area contributed by atoms with Gasteiger partial charge in [0, 0.05) is 17.6 Å². The second-order valence-electron chi connectivity index (χ2n) is 7.53. The number of rotatable bonds is 4. The molecular formula is C23H22FN3O3. The lowest BCUT2D eigenvalue weighted by Crippen LogP contribution is -2.47. The van der Waals surface area contributed by atoms with Gasteiger partial charge in [-0.2, -0.15) is 0 Å². The van der Waals surface area contributed by atoms with E-state index in [2.05, 4.69) is 15.3 Å². The molecular weight excluding hydrogens is 385 g/mol. The fraction of sp³-hybridized carbons (Fsp3) is 0.261. The fourth-order valence-electron chi connectivity index (χ4n) is 4.07. The highest BCUT2D eigenvalue weighted by molar-refractivity contribution is 6.14. The van der Waals surface area contributed by atoms with Gasteiger partial charge in [-0.05, 0) is 50.6 Å². The summed E-state index contributed by atoms with van der Waals surface area (Å²) in [7, 11) is 0. The third kappa shape index (κ3) is 3.16. The van der Waals surface area contributed by atoms with E-state index < -0.39 is 17.4 Å². The van der Waals surface area contributed by atoms with Crippen molar-refractivity contribution in [3.63, 3.8) is 0 Å². The zero-order valence-electron chi connectivity index (χ0n) is 17.0. The average molecular weight is 407 g/mol. The molecule has 6 nitrogen and oxygen atoms in total. The minimum Gasteiger partial charge on any atom is -0.462 e. The number of aromatic amines is 1. The van der Waals surface area contributed by atoms with Gasteiger partial charge in [0.25, 0.3) is 0 Å². The highest BCUT2D eigenvalue weighted by Gasteiger charge is 2.49. The Hall–Kier alpha value is -3.48. The number of nitrogens with zero attached hydrogens (tertiary/aromatic N) is 1. The molecule has 154 valence electrons. The molecule has 3 aromatic rings. The number of anilines is 1. The molecule has 2 heterocycles. The van der Waals surface area contributed by atoms with Crippen molar-refractivity contribution in [3.8, 4) is 0 Å². The molecule has 0 fully saturated rings. The van der Waals surface area contributed by atoms with E-state index in [-0.39, 0.29) is 29.3 Å². The van der Waals surface area contributed by atoms with Crippen LogP contribution in [-0.2, 0) is 10.3 Å². The first-order valence-electron chi connectivity index (χ1n) is 9.75. The quantitative estimate of drug-likeness (QED) is 0.629. The van der Waals surface area contributed by atoms with Crippen molar-refractivity contribution in [1.29, 1.82) is 0 Å². The number of hydrogen-bond donors (Lipinski definition) is 2. The van der Waals surface area contributed by atoms with Crippen LogP contribution >= 0.6 is 0 Å². The molecule has 0 spiro atoms. The van der Waals surface area contributed by atoms with E-state index in [0.717, 1.165) is 11.3 Å². The van der Waals surface area contributed by atoms with Gasteiger partial charge in [0.2, 0.25) is 0 Å². The molecule has 2 unspecified atom stereocenters. The third-order valence-electron chi connectivity index (χ3n) is 5.48. The first kappa shape index (κ1) is 19.8. The summed E-state index contributed by atoms with van der Waals surface area (Å²) < 4.78 is 18.7. The Morgan fingerprint density at radius 2 is 1.97 bits per heavy atom. The van der Waals surface area contributed by atoms with E-state index in [0.29, 0.717) is 11.5 Å². The summed E-state index contributed by atoms with van der Waals surface area (Å²) in [5, 5.41) is 3.42. The largest absolute Gasteiger partial charge is 0.462 e. The zero-order valence-corrected chi connectivity index (χ0v) is 17.0. The van der Waals surface area contributed by atoms with Gasteiger partial charge in [0.15, 0.2) is 5.78 Å². The monoisotopic (exact) mass is 407 g/mol. The van der Waals surface area contributed by atoms with Crippen molar-refractivity contribution < 1.29 is 18.7 Å². The summed E-state index contributed by atoms with van der Waals surface area (Å²) in [5.74, 6) is -1.46. The Balaban J connectivity index is 1.93. The molecule has 1 aromatic heterocycles. The molecule has 0 radical (unpaired) electrons. The number of ketones is 1. The van der Waals surface area contributed by atoms with Crippen molar-refractivity contribution in [3.05, 3.63) is 82.7 Å². The molecule has 2 N–H and O–H groups in total. The predicted octanol–water partition coefficient (Wildman–Crippen LogP) is 4.34. The maximum Gasteiger partial charge on any atom is 0.338 e. The number of imidazole rings is 1. The molecule has 30 heavy (non-hydrogen) atoms. The number of aromatic nitrogens is 2. The summed E-state index contributed by atoms with van der Waals surface area (Å²) in [6, 6.07) is 11.1. The van der Waals surface area contributed by atoms with Crippen LogP contribution in [-0.4, -0.2) is 28.3 Å². The molecule has 0 saturated carbocycles. The van der Waals surface area contributed by atoms with Crippen molar-refractivity contribution in [2.75, 3.05) is 11.9 Å². The first-order valence-corrected chi connectivity index (χ1v) is 9.75. The zero-order chi connectivity index (χ0) is 21.5.